The molecule has 0 saturated carbocycles. The van der Waals surface area contributed by atoms with E-state index < -0.39 is 0 Å². The summed E-state index contributed by atoms with van der Waals surface area (Å²) in [6.45, 7) is 0. The van der Waals surface area contributed by atoms with Crippen molar-refractivity contribution in [2.45, 2.75) is 18.9 Å². The number of aromatic nitrogens is 1. The van der Waals surface area contributed by atoms with Crippen molar-refractivity contribution in [3.05, 3.63) is 70.3 Å². The SMILES string of the molecule is NC(CCc1ccccc1)c1cc2cc(Br)ccc2[nH]1. The van der Waals surface area contributed by atoms with E-state index in [1.165, 1.54) is 10.9 Å². The molecular weight excluding hydrogens is 312 g/mol. The molecule has 0 aliphatic heterocycles. The zero-order valence-electron chi connectivity index (χ0n) is 11.1. The highest BCUT2D eigenvalue weighted by molar-refractivity contribution is 9.10. The van der Waals surface area contributed by atoms with E-state index in [4.69, 9.17) is 5.73 Å². The Morgan fingerprint density at radius 1 is 1.05 bits per heavy atom. The van der Waals surface area contributed by atoms with Gasteiger partial charge in [-0.25, -0.2) is 0 Å². The van der Waals surface area contributed by atoms with Crippen LogP contribution in [-0.2, 0) is 6.42 Å². The van der Waals surface area contributed by atoms with Crippen LogP contribution in [0.2, 0.25) is 0 Å². The third-order valence-electron chi connectivity index (χ3n) is 3.59. The van der Waals surface area contributed by atoms with Crippen LogP contribution < -0.4 is 5.73 Å². The van der Waals surface area contributed by atoms with Crippen molar-refractivity contribution in [2.24, 2.45) is 5.73 Å². The maximum Gasteiger partial charge on any atom is 0.0457 e. The fourth-order valence-corrected chi connectivity index (χ4v) is 2.83. The lowest BCUT2D eigenvalue weighted by atomic mass is 10.0. The topological polar surface area (TPSA) is 41.8 Å². The zero-order chi connectivity index (χ0) is 13.9. The van der Waals surface area contributed by atoms with Gasteiger partial charge in [-0.15, -0.1) is 0 Å². The molecule has 3 aromatic rings. The molecular formula is C17H17BrN2. The van der Waals surface area contributed by atoms with Gasteiger partial charge in [0, 0.05) is 27.1 Å². The number of nitrogens with two attached hydrogens (primary N) is 1. The molecule has 1 aromatic heterocycles. The van der Waals surface area contributed by atoms with Crippen molar-refractivity contribution in [1.82, 2.24) is 4.98 Å². The lowest BCUT2D eigenvalue weighted by Gasteiger charge is -2.09. The second-order valence-corrected chi connectivity index (χ2v) is 6.00. The van der Waals surface area contributed by atoms with E-state index in [9.17, 15) is 0 Å². The van der Waals surface area contributed by atoms with Crippen LogP contribution in [0.1, 0.15) is 23.7 Å². The van der Waals surface area contributed by atoms with E-state index in [1.807, 2.05) is 12.1 Å². The Kier molecular flexibility index (Phi) is 3.90. The molecule has 0 fully saturated rings. The monoisotopic (exact) mass is 328 g/mol. The predicted octanol–water partition coefficient (Wildman–Crippen LogP) is 4.56. The molecule has 2 nitrogen and oxygen atoms in total. The van der Waals surface area contributed by atoms with Crippen LogP contribution in [0.4, 0.5) is 0 Å². The van der Waals surface area contributed by atoms with Crippen molar-refractivity contribution in [3.8, 4) is 0 Å². The Labute approximate surface area is 127 Å². The fraction of sp³-hybridized carbons (Fsp3) is 0.176. The van der Waals surface area contributed by atoms with Crippen LogP contribution in [0, 0.1) is 0 Å². The number of benzene rings is 2. The smallest absolute Gasteiger partial charge is 0.0457 e. The second-order valence-electron chi connectivity index (χ2n) is 5.09. The van der Waals surface area contributed by atoms with Gasteiger partial charge in [0.25, 0.3) is 0 Å². The maximum atomic E-state index is 6.30. The quantitative estimate of drug-likeness (QED) is 0.724. The summed E-state index contributed by atoms with van der Waals surface area (Å²) in [5.74, 6) is 0. The van der Waals surface area contributed by atoms with Gasteiger partial charge in [-0.05, 0) is 42.7 Å². The minimum Gasteiger partial charge on any atom is -0.357 e. The van der Waals surface area contributed by atoms with Gasteiger partial charge in [0.05, 0.1) is 0 Å². The van der Waals surface area contributed by atoms with Gasteiger partial charge in [0.15, 0.2) is 0 Å². The molecule has 0 aliphatic carbocycles. The molecule has 2 aromatic carbocycles. The summed E-state index contributed by atoms with van der Waals surface area (Å²) in [5, 5.41) is 1.20. The van der Waals surface area contributed by atoms with Crippen LogP contribution in [0.3, 0.4) is 0 Å². The van der Waals surface area contributed by atoms with Crippen molar-refractivity contribution in [3.63, 3.8) is 0 Å². The second kappa shape index (κ2) is 5.81. The summed E-state index contributed by atoms with van der Waals surface area (Å²) in [6.07, 6.45) is 1.94. The van der Waals surface area contributed by atoms with Gasteiger partial charge < -0.3 is 10.7 Å². The van der Waals surface area contributed by atoms with Crippen LogP contribution >= 0.6 is 15.9 Å². The minimum absolute atomic E-state index is 0.0429. The third kappa shape index (κ3) is 2.94. The Hall–Kier alpha value is -1.58. The number of aromatic amines is 1. The molecule has 20 heavy (non-hydrogen) atoms. The number of nitrogens with one attached hydrogen (secondary N) is 1. The van der Waals surface area contributed by atoms with Gasteiger partial charge >= 0.3 is 0 Å². The summed E-state index contributed by atoms with van der Waals surface area (Å²) in [4.78, 5) is 3.41. The molecule has 3 heteroatoms. The maximum absolute atomic E-state index is 6.30. The molecule has 0 spiro atoms. The Morgan fingerprint density at radius 2 is 1.85 bits per heavy atom. The molecule has 1 unspecified atom stereocenters. The summed E-state index contributed by atoms with van der Waals surface area (Å²) >= 11 is 3.49. The number of halogens is 1. The summed E-state index contributed by atoms with van der Waals surface area (Å²) in [5.41, 5.74) is 9.88. The number of aryl methyl sites for hydroxylation is 1. The minimum atomic E-state index is 0.0429. The van der Waals surface area contributed by atoms with Gasteiger partial charge in [0.1, 0.15) is 0 Å². The van der Waals surface area contributed by atoms with Crippen LogP contribution in [0.15, 0.2) is 59.1 Å². The predicted molar refractivity (Wildman–Crippen MR) is 87.7 cm³/mol. The zero-order valence-corrected chi connectivity index (χ0v) is 12.7. The number of H-pyrrole nitrogens is 1. The van der Waals surface area contributed by atoms with E-state index in [-0.39, 0.29) is 6.04 Å². The summed E-state index contributed by atoms with van der Waals surface area (Å²) < 4.78 is 1.09. The molecule has 1 atom stereocenters. The standard InChI is InChI=1S/C17H17BrN2/c18-14-7-9-16-13(10-14)11-17(20-16)15(19)8-6-12-4-2-1-3-5-12/h1-5,7,9-11,15,20H,6,8,19H2. The Balaban J connectivity index is 1.73. The number of rotatable bonds is 4. The van der Waals surface area contributed by atoms with E-state index in [1.54, 1.807) is 0 Å². The lowest BCUT2D eigenvalue weighted by Crippen LogP contribution is -2.11. The normalized spacial score (nSPS) is 12.7. The van der Waals surface area contributed by atoms with Gasteiger partial charge in [-0.3, -0.25) is 0 Å². The first kappa shape index (κ1) is 13.4. The van der Waals surface area contributed by atoms with Crippen molar-refractivity contribution in [2.75, 3.05) is 0 Å². The van der Waals surface area contributed by atoms with E-state index in [2.05, 4.69) is 63.4 Å². The highest BCUT2D eigenvalue weighted by atomic mass is 79.9. The first-order chi connectivity index (χ1) is 9.72. The fourth-order valence-electron chi connectivity index (χ4n) is 2.45. The van der Waals surface area contributed by atoms with E-state index in [0.29, 0.717) is 0 Å². The van der Waals surface area contributed by atoms with Crippen molar-refractivity contribution in [1.29, 1.82) is 0 Å². The molecule has 0 radical (unpaired) electrons. The number of hydrogen-bond acceptors (Lipinski definition) is 1. The van der Waals surface area contributed by atoms with Crippen LogP contribution in [0.5, 0.6) is 0 Å². The van der Waals surface area contributed by atoms with Gasteiger partial charge in [0.2, 0.25) is 0 Å². The van der Waals surface area contributed by atoms with E-state index >= 15 is 0 Å². The Morgan fingerprint density at radius 3 is 2.65 bits per heavy atom. The first-order valence-electron chi connectivity index (χ1n) is 6.80. The number of fused-ring (bicyclic) bond motifs is 1. The summed E-state index contributed by atoms with van der Waals surface area (Å²) in [7, 11) is 0. The molecule has 1 heterocycles. The molecule has 0 saturated heterocycles. The molecule has 0 bridgehead atoms. The van der Waals surface area contributed by atoms with Gasteiger partial charge in [-0.1, -0.05) is 46.3 Å². The van der Waals surface area contributed by atoms with Crippen LogP contribution in [0.25, 0.3) is 10.9 Å². The van der Waals surface area contributed by atoms with Gasteiger partial charge in [-0.2, -0.15) is 0 Å². The first-order valence-corrected chi connectivity index (χ1v) is 7.59. The van der Waals surface area contributed by atoms with Crippen LogP contribution in [-0.4, -0.2) is 4.98 Å². The summed E-state index contributed by atoms with van der Waals surface area (Å²) in [6, 6.07) is 18.9. The Bertz CT molecular complexity index is 703. The highest BCUT2D eigenvalue weighted by Crippen LogP contribution is 2.24. The average Bonchev–Trinajstić information content (AvgIpc) is 2.89. The average molecular weight is 329 g/mol. The lowest BCUT2D eigenvalue weighted by molar-refractivity contribution is 0.638. The van der Waals surface area contributed by atoms with Crippen molar-refractivity contribution >= 4 is 26.8 Å². The number of hydrogen-bond donors (Lipinski definition) is 2. The highest BCUT2D eigenvalue weighted by Gasteiger charge is 2.09. The molecule has 3 rings (SSSR count). The largest absolute Gasteiger partial charge is 0.357 e. The molecule has 0 amide bonds. The molecule has 102 valence electrons. The van der Waals surface area contributed by atoms with Crippen molar-refractivity contribution < 1.29 is 0 Å². The third-order valence-corrected chi connectivity index (χ3v) is 4.08. The molecule has 0 aliphatic rings. The van der Waals surface area contributed by atoms with E-state index in [0.717, 1.165) is 28.5 Å². The molecule has 3 N–H and O–H groups in total.